The molecule has 0 amide bonds. The number of nitro benzene ring substituents is 1. The number of halogens is 1. The van der Waals surface area contributed by atoms with Gasteiger partial charge in [0, 0.05) is 28.8 Å². The van der Waals surface area contributed by atoms with E-state index < -0.39 is 10.9 Å². The van der Waals surface area contributed by atoms with Crippen molar-refractivity contribution in [1.82, 2.24) is 10.1 Å². The number of benzene rings is 2. The molecular formula is C18H12ClN3O5. The highest BCUT2D eigenvalue weighted by Gasteiger charge is 2.10. The zero-order chi connectivity index (χ0) is 19.2. The van der Waals surface area contributed by atoms with E-state index in [1.807, 2.05) is 0 Å². The molecule has 9 heteroatoms. The Kier molecular flexibility index (Phi) is 5.58. The van der Waals surface area contributed by atoms with E-state index in [0.717, 1.165) is 6.08 Å². The predicted molar refractivity (Wildman–Crippen MR) is 96.7 cm³/mol. The Labute approximate surface area is 158 Å². The van der Waals surface area contributed by atoms with Gasteiger partial charge in [-0.15, -0.1) is 0 Å². The first kappa shape index (κ1) is 18.3. The number of non-ortho nitro benzene ring substituents is 1. The fraction of sp³-hybridized carbons (Fsp3) is 0.0556. The zero-order valence-electron chi connectivity index (χ0n) is 13.7. The largest absolute Gasteiger partial charge is 0.452 e. The summed E-state index contributed by atoms with van der Waals surface area (Å²) >= 11 is 5.92. The summed E-state index contributed by atoms with van der Waals surface area (Å²) in [5.41, 5.74) is 1.11. The third-order valence-corrected chi connectivity index (χ3v) is 3.62. The number of rotatable bonds is 6. The minimum atomic E-state index is -0.649. The third kappa shape index (κ3) is 4.99. The van der Waals surface area contributed by atoms with Crippen LogP contribution in [0, 0.1) is 10.1 Å². The highest BCUT2D eigenvalue weighted by molar-refractivity contribution is 6.30. The first-order valence-electron chi connectivity index (χ1n) is 7.69. The number of nitro groups is 1. The van der Waals surface area contributed by atoms with Gasteiger partial charge in [0.15, 0.2) is 6.61 Å². The van der Waals surface area contributed by atoms with E-state index in [1.54, 1.807) is 30.3 Å². The molecule has 0 radical (unpaired) electrons. The smallest absolute Gasteiger partial charge is 0.331 e. The lowest BCUT2D eigenvalue weighted by Gasteiger charge is -1.97. The second-order valence-electron chi connectivity index (χ2n) is 5.32. The van der Waals surface area contributed by atoms with E-state index in [2.05, 4.69) is 10.1 Å². The maximum Gasteiger partial charge on any atom is 0.331 e. The first-order valence-corrected chi connectivity index (χ1v) is 8.07. The second kappa shape index (κ2) is 8.24. The molecule has 3 aromatic rings. The van der Waals surface area contributed by atoms with Crippen molar-refractivity contribution < 1.29 is 19.0 Å². The Bertz CT molecular complexity index is 1020. The summed E-state index contributed by atoms with van der Waals surface area (Å²) in [4.78, 5) is 26.1. The summed E-state index contributed by atoms with van der Waals surface area (Å²) in [5, 5.41) is 15.1. The summed E-state index contributed by atoms with van der Waals surface area (Å²) in [6.07, 6.45) is 2.58. The van der Waals surface area contributed by atoms with Crippen molar-refractivity contribution in [2.75, 3.05) is 0 Å². The number of nitrogens with zero attached hydrogens (tertiary/aromatic N) is 3. The van der Waals surface area contributed by atoms with Crippen LogP contribution in [0.4, 0.5) is 5.69 Å². The van der Waals surface area contributed by atoms with Crippen molar-refractivity contribution in [3.63, 3.8) is 0 Å². The van der Waals surface area contributed by atoms with Crippen molar-refractivity contribution in [1.29, 1.82) is 0 Å². The summed E-state index contributed by atoms with van der Waals surface area (Å²) in [5.74, 6) is -0.193. The van der Waals surface area contributed by atoms with Crippen LogP contribution in [0.15, 0.2) is 59.1 Å². The van der Waals surface area contributed by atoms with Crippen LogP contribution in [0.2, 0.25) is 5.02 Å². The van der Waals surface area contributed by atoms with Crippen molar-refractivity contribution in [3.8, 4) is 11.4 Å². The second-order valence-corrected chi connectivity index (χ2v) is 5.75. The molecule has 0 saturated heterocycles. The normalized spacial score (nSPS) is 10.9. The molecule has 0 aliphatic heterocycles. The molecule has 0 bridgehead atoms. The van der Waals surface area contributed by atoms with Crippen LogP contribution >= 0.6 is 11.6 Å². The van der Waals surface area contributed by atoms with Crippen LogP contribution in [-0.2, 0) is 16.1 Å². The maximum atomic E-state index is 11.8. The monoisotopic (exact) mass is 385 g/mol. The summed E-state index contributed by atoms with van der Waals surface area (Å²) < 4.78 is 10.1. The van der Waals surface area contributed by atoms with Gasteiger partial charge in [0.25, 0.3) is 11.6 Å². The highest BCUT2D eigenvalue weighted by atomic mass is 35.5. The average Bonchev–Trinajstić information content (AvgIpc) is 3.14. The van der Waals surface area contributed by atoms with E-state index in [1.165, 1.54) is 24.3 Å². The predicted octanol–water partition coefficient (Wildman–Crippen LogP) is 4.05. The van der Waals surface area contributed by atoms with E-state index in [-0.39, 0.29) is 18.2 Å². The average molecular weight is 386 g/mol. The molecule has 3 rings (SSSR count). The van der Waals surface area contributed by atoms with Gasteiger partial charge >= 0.3 is 5.97 Å². The van der Waals surface area contributed by atoms with Crippen LogP contribution in [0.5, 0.6) is 0 Å². The lowest BCUT2D eigenvalue weighted by atomic mass is 10.2. The molecule has 27 heavy (non-hydrogen) atoms. The Balaban J connectivity index is 1.58. The lowest BCUT2D eigenvalue weighted by molar-refractivity contribution is -0.384. The van der Waals surface area contributed by atoms with Gasteiger partial charge in [-0.05, 0) is 23.8 Å². The van der Waals surface area contributed by atoms with E-state index in [0.29, 0.717) is 22.0 Å². The summed E-state index contributed by atoms with van der Waals surface area (Å²) in [6.45, 7) is -0.203. The summed E-state index contributed by atoms with van der Waals surface area (Å²) in [6, 6.07) is 12.8. The van der Waals surface area contributed by atoms with Crippen LogP contribution in [0.25, 0.3) is 17.5 Å². The fourth-order valence-corrected chi connectivity index (χ4v) is 2.34. The van der Waals surface area contributed by atoms with Crippen molar-refractivity contribution in [2.45, 2.75) is 6.61 Å². The minimum absolute atomic E-state index is 0.0649. The standard InChI is InChI=1S/C18H12ClN3O5/c19-14-5-2-4-13(10-14)18-20-16(27-21-18)11-26-17(23)8-7-12-3-1-6-15(9-12)22(24)25/h1-10H,11H2/b8-7+. The first-order chi connectivity index (χ1) is 13.0. The molecule has 0 unspecified atom stereocenters. The van der Waals surface area contributed by atoms with Crippen molar-refractivity contribution in [2.24, 2.45) is 0 Å². The summed E-state index contributed by atoms with van der Waals surface area (Å²) in [7, 11) is 0. The Morgan fingerprint density at radius 1 is 1.26 bits per heavy atom. The molecule has 1 aromatic heterocycles. The fourth-order valence-electron chi connectivity index (χ4n) is 2.15. The lowest BCUT2D eigenvalue weighted by Crippen LogP contribution is -2.01. The Morgan fingerprint density at radius 2 is 2.07 bits per heavy atom. The quantitative estimate of drug-likeness (QED) is 0.272. The molecule has 0 aliphatic carbocycles. The number of ether oxygens (including phenoxy) is 1. The minimum Gasteiger partial charge on any atom is -0.452 e. The van der Waals surface area contributed by atoms with Gasteiger partial charge in [0.05, 0.1) is 4.92 Å². The van der Waals surface area contributed by atoms with Gasteiger partial charge in [0.2, 0.25) is 5.82 Å². The molecule has 0 spiro atoms. The Morgan fingerprint density at radius 3 is 2.85 bits per heavy atom. The number of aromatic nitrogens is 2. The van der Waals surface area contributed by atoms with Gasteiger partial charge in [-0.3, -0.25) is 10.1 Å². The van der Waals surface area contributed by atoms with Gasteiger partial charge < -0.3 is 9.26 Å². The molecular weight excluding hydrogens is 374 g/mol. The third-order valence-electron chi connectivity index (χ3n) is 3.38. The van der Waals surface area contributed by atoms with Gasteiger partial charge in [0.1, 0.15) is 0 Å². The van der Waals surface area contributed by atoms with Gasteiger partial charge in [-0.25, -0.2) is 4.79 Å². The van der Waals surface area contributed by atoms with E-state index >= 15 is 0 Å². The molecule has 8 nitrogen and oxygen atoms in total. The van der Waals surface area contributed by atoms with Crippen LogP contribution in [0.1, 0.15) is 11.5 Å². The maximum absolute atomic E-state index is 11.8. The molecule has 0 atom stereocenters. The molecule has 1 heterocycles. The van der Waals surface area contributed by atoms with Crippen molar-refractivity contribution in [3.05, 3.63) is 81.2 Å². The van der Waals surface area contributed by atoms with Gasteiger partial charge in [-0.1, -0.05) is 41.0 Å². The van der Waals surface area contributed by atoms with Crippen molar-refractivity contribution >= 4 is 29.3 Å². The van der Waals surface area contributed by atoms with E-state index in [4.69, 9.17) is 20.9 Å². The van der Waals surface area contributed by atoms with Gasteiger partial charge in [-0.2, -0.15) is 4.98 Å². The van der Waals surface area contributed by atoms with Crippen LogP contribution < -0.4 is 0 Å². The number of carbonyl (C=O) groups excluding carboxylic acids is 1. The molecule has 0 aliphatic rings. The molecule has 0 saturated carbocycles. The Hall–Kier alpha value is -3.52. The molecule has 136 valence electrons. The number of hydrogen-bond donors (Lipinski definition) is 0. The molecule has 0 fully saturated rings. The number of hydrogen-bond acceptors (Lipinski definition) is 7. The number of carbonyl (C=O) groups is 1. The topological polar surface area (TPSA) is 108 Å². The zero-order valence-corrected chi connectivity index (χ0v) is 14.5. The van der Waals surface area contributed by atoms with E-state index in [9.17, 15) is 14.9 Å². The SMILES string of the molecule is O=C(/C=C/c1cccc([N+](=O)[O-])c1)OCc1nc(-c2cccc(Cl)c2)no1. The van der Waals surface area contributed by atoms with Crippen LogP contribution in [-0.4, -0.2) is 21.0 Å². The molecule has 0 N–H and O–H groups in total. The molecule has 2 aromatic carbocycles. The number of esters is 1. The highest BCUT2D eigenvalue weighted by Crippen LogP contribution is 2.20. The van der Waals surface area contributed by atoms with Crippen LogP contribution in [0.3, 0.4) is 0 Å².